The van der Waals surface area contributed by atoms with Gasteiger partial charge in [0, 0.05) is 11.4 Å². The lowest BCUT2D eigenvalue weighted by Crippen LogP contribution is -2.48. The molecule has 2 aromatic carbocycles. The Morgan fingerprint density at radius 2 is 2.00 bits per heavy atom. The summed E-state index contributed by atoms with van der Waals surface area (Å²) >= 11 is 5.65. The van der Waals surface area contributed by atoms with Gasteiger partial charge in [-0.25, -0.2) is 4.79 Å². The number of methoxy groups -OCH3 is 1. The molecule has 0 amide bonds. The molecular formula is C22H24N2O4S. The zero-order valence-corrected chi connectivity index (χ0v) is 17.7. The fourth-order valence-corrected chi connectivity index (χ4v) is 3.78. The van der Waals surface area contributed by atoms with Crippen molar-refractivity contribution in [3.63, 3.8) is 0 Å². The highest BCUT2D eigenvalue weighted by Crippen LogP contribution is 2.37. The summed E-state index contributed by atoms with van der Waals surface area (Å²) in [5.41, 5.74) is 3.82. The lowest BCUT2D eigenvalue weighted by molar-refractivity contribution is -0.139. The van der Waals surface area contributed by atoms with Gasteiger partial charge in [-0.3, -0.25) is 4.90 Å². The van der Waals surface area contributed by atoms with Crippen molar-refractivity contribution in [1.29, 1.82) is 0 Å². The second-order valence-corrected chi connectivity index (χ2v) is 7.09. The van der Waals surface area contributed by atoms with Gasteiger partial charge in [-0.2, -0.15) is 0 Å². The molecular weight excluding hydrogens is 388 g/mol. The van der Waals surface area contributed by atoms with Crippen molar-refractivity contribution < 1.29 is 19.4 Å². The SMILES string of the molecule is CCOC(=O)C1=C(C)N(c2cccc(C)c2)C(=S)NC1c1ccc(O)c(OC)c1. The van der Waals surface area contributed by atoms with Crippen LogP contribution in [0.4, 0.5) is 5.69 Å². The maximum Gasteiger partial charge on any atom is 0.338 e. The number of carbonyl (C=O) groups is 1. The average molecular weight is 413 g/mol. The van der Waals surface area contributed by atoms with Crippen LogP contribution in [0.2, 0.25) is 0 Å². The highest BCUT2D eigenvalue weighted by molar-refractivity contribution is 7.80. The molecule has 2 aromatic rings. The number of thiocarbonyl (C=S) groups is 1. The summed E-state index contributed by atoms with van der Waals surface area (Å²) in [6, 6.07) is 12.3. The molecule has 0 bridgehead atoms. The molecule has 1 unspecified atom stereocenters. The summed E-state index contributed by atoms with van der Waals surface area (Å²) in [5.74, 6) is -0.0821. The van der Waals surface area contributed by atoms with Gasteiger partial charge in [0.1, 0.15) is 0 Å². The Labute approximate surface area is 175 Å². The van der Waals surface area contributed by atoms with Crippen LogP contribution < -0.4 is 15.0 Å². The number of carbonyl (C=O) groups excluding carboxylic acids is 1. The lowest BCUT2D eigenvalue weighted by Gasteiger charge is -2.37. The number of esters is 1. The van der Waals surface area contributed by atoms with Gasteiger partial charge in [0.05, 0.1) is 25.3 Å². The minimum atomic E-state index is -0.530. The van der Waals surface area contributed by atoms with E-state index < -0.39 is 12.0 Å². The third kappa shape index (κ3) is 4.05. The number of ether oxygens (including phenoxy) is 2. The Balaban J connectivity index is 2.15. The molecule has 0 aromatic heterocycles. The number of nitrogens with one attached hydrogen (secondary N) is 1. The Kier molecular flexibility index (Phi) is 6.08. The van der Waals surface area contributed by atoms with E-state index in [0.29, 0.717) is 22.1 Å². The Morgan fingerprint density at radius 3 is 2.66 bits per heavy atom. The van der Waals surface area contributed by atoms with E-state index in [4.69, 9.17) is 21.7 Å². The first-order valence-corrected chi connectivity index (χ1v) is 9.70. The third-order valence-corrected chi connectivity index (χ3v) is 5.08. The first-order chi connectivity index (χ1) is 13.9. The molecule has 0 saturated carbocycles. The largest absolute Gasteiger partial charge is 0.504 e. The molecule has 0 radical (unpaired) electrons. The molecule has 1 heterocycles. The maximum absolute atomic E-state index is 12.9. The van der Waals surface area contributed by atoms with Crippen molar-refractivity contribution in [2.24, 2.45) is 0 Å². The average Bonchev–Trinajstić information content (AvgIpc) is 2.68. The molecule has 1 aliphatic heterocycles. The second kappa shape index (κ2) is 8.53. The molecule has 0 saturated heterocycles. The summed E-state index contributed by atoms with van der Waals surface area (Å²) in [5, 5.41) is 13.7. The highest BCUT2D eigenvalue weighted by Gasteiger charge is 2.35. The molecule has 7 heteroatoms. The van der Waals surface area contributed by atoms with Gasteiger partial charge in [0.25, 0.3) is 0 Å². The number of rotatable bonds is 5. The molecule has 29 heavy (non-hydrogen) atoms. The fraction of sp³-hybridized carbons (Fsp3) is 0.273. The van der Waals surface area contributed by atoms with E-state index in [2.05, 4.69) is 5.32 Å². The zero-order valence-electron chi connectivity index (χ0n) is 16.9. The van der Waals surface area contributed by atoms with Crippen molar-refractivity contribution in [3.05, 3.63) is 64.9 Å². The summed E-state index contributed by atoms with van der Waals surface area (Å²) in [7, 11) is 1.48. The van der Waals surface area contributed by atoms with Gasteiger partial charge in [0.2, 0.25) is 0 Å². The predicted molar refractivity (Wildman–Crippen MR) is 116 cm³/mol. The fourth-order valence-electron chi connectivity index (χ4n) is 3.42. The first-order valence-electron chi connectivity index (χ1n) is 9.29. The third-order valence-electron chi connectivity index (χ3n) is 4.78. The number of allylic oxidation sites excluding steroid dienone is 1. The highest BCUT2D eigenvalue weighted by atomic mass is 32.1. The number of benzene rings is 2. The quantitative estimate of drug-likeness (QED) is 0.568. The first kappa shape index (κ1) is 20.7. The van der Waals surface area contributed by atoms with Crippen LogP contribution in [-0.2, 0) is 9.53 Å². The summed E-state index contributed by atoms with van der Waals surface area (Å²) < 4.78 is 10.6. The van der Waals surface area contributed by atoms with Crippen LogP contribution in [0.1, 0.15) is 31.0 Å². The van der Waals surface area contributed by atoms with Crippen LogP contribution in [0.3, 0.4) is 0 Å². The molecule has 1 atom stereocenters. The lowest BCUT2D eigenvalue weighted by atomic mass is 9.94. The molecule has 0 fully saturated rings. The summed E-state index contributed by atoms with van der Waals surface area (Å²) in [4.78, 5) is 14.7. The van der Waals surface area contributed by atoms with E-state index in [0.717, 1.165) is 16.8 Å². The topological polar surface area (TPSA) is 71.0 Å². The van der Waals surface area contributed by atoms with Crippen molar-refractivity contribution in [2.45, 2.75) is 26.8 Å². The molecule has 0 spiro atoms. The van der Waals surface area contributed by atoms with E-state index in [-0.39, 0.29) is 12.4 Å². The number of aryl methyl sites for hydroxylation is 1. The van der Waals surface area contributed by atoms with Gasteiger partial charge >= 0.3 is 5.97 Å². The number of nitrogens with zero attached hydrogens (tertiary/aromatic N) is 1. The number of phenols is 1. The number of aromatic hydroxyl groups is 1. The van der Waals surface area contributed by atoms with Crippen LogP contribution >= 0.6 is 12.2 Å². The van der Waals surface area contributed by atoms with Crippen LogP contribution in [0.15, 0.2) is 53.7 Å². The van der Waals surface area contributed by atoms with E-state index >= 15 is 0 Å². The van der Waals surface area contributed by atoms with Gasteiger partial charge in [-0.1, -0.05) is 18.2 Å². The van der Waals surface area contributed by atoms with Crippen LogP contribution in [0.5, 0.6) is 11.5 Å². The summed E-state index contributed by atoms with van der Waals surface area (Å²) in [6.07, 6.45) is 0. The number of phenolic OH excluding ortho intramolecular Hbond substituents is 1. The Morgan fingerprint density at radius 1 is 1.24 bits per heavy atom. The van der Waals surface area contributed by atoms with Gasteiger partial charge < -0.3 is 19.9 Å². The minimum Gasteiger partial charge on any atom is -0.504 e. The van der Waals surface area contributed by atoms with Crippen LogP contribution in [0.25, 0.3) is 0 Å². The number of hydrogen-bond acceptors (Lipinski definition) is 5. The molecule has 152 valence electrons. The van der Waals surface area contributed by atoms with E-state index in [1.807, 2.05) is 43.0 Å². The van der Waals surface area contributed by atoms with E-state index in [9.17, 15) is 9.90 Å². The molecule has 2 N–H and O–H groups in total. The normalized spacial score (nSPS) is 16.5. The van der Waals surface area contributed by atoms with Crippen LogP contribution in [-0.4, -0.2) is 29.9 Å². The van der Waals surface area contributed by atoms with Gasteiger partial charge in [-0.15, -0.1) is 0 Å². The smallest absolute Gasteiger partial charge is 0.338 e. The molecule has 1 aliphatic rings. The van der Waals surface area contributed by atoms with Crippen molar-refractivity contribution in [3.8, 4) is 11.5 Å². The monoisotopic (exact) mass is 412 g/mol. The van der Waals surface area contributed by atoms with Crippen LogP contribution in [0, 0.1) is 6.92 Å². The standard InChI is InChI=1S/C22H24N2O4S/c1-5-28-21(26)19-14(3)24(16-8-6-7-13(2)11-16)22(29)23-20(19)15-9-10-17(25)18(12-15)27-4/h6-12,20,25H,5H2,1-4H3,(H,23,29). The maximum atomic E-state index is 12.9. The predicted octanol–water partition coefficient (Wildman–Crippen LogP) is 3.98. The van der Waals surface area contributed by atoms with E-state index in [1.54, 1.807) is 19.1 Å². The van der Waals surface area contributed by atoms with E-state index in [1.165, 1.54) is 13.2 Å². The number of hydrogen-bond donors (Lipinski definition) is 2. The minimum absolute atomic E-state index is 0.0226. The molecule has 6 nitrogen and oxygen atoms in total. The summed E-state index contributed by atoms with van der Waals surface area (Å²) in [6.45, 7) is 5.88. The zero-order chi connectivity index (χ0) is 21.1. The second-order valence-electron chi connectivity index (χ2n) is 6.71. The van der Waals surface area contributed by atoms with Crippen molar-refractivity contribution in [2.75, 3.05) is 18.6 Å². The molecule has 0 aliphatic carbocycles. The molecule has 3 rings (SSSR count). The van der Waals surface area contributed by atoms with Crippen molar-refractivity contribution in [1.82, 2.24) is 5.32 Å². The van der Waals surface area contributed by atoms with Gasteiger partial charge in [0.15, 0.2) is 16.6 Å². The number of anilines is 1. The Hall–Kier alpha value is -3.06. The van der Waals surface area contributed by atoms with Gasteiger partial charge in [-0.05, 0) is 68.4 Å². The Bertz CT molecular complexity index is 987. The van der Waals surface area contributed by atoms with Crippen molar-refractivity contribution >= 4 is 29.0 Å².